The summed E-state index contributed by atoms with van der Waals surface area (Å²) in [5.74, 6) is -2.00. The van der Waals surface area contributed by atoms with Crippen LogP contribution in [0.25, 0.3) is 10.8 Å². The van der Waals surface area contributed by atoms with Crippen molar-refractivity contribution in [3.8, 4) is 0 Å². The van der Waals surface area contributed by atoms with Crippen molar-refractivity contribution in [1.82, 2.24) is 9.78 Å². The van der Waals surface area contributed by atoms with Crippen molar-refractivity contribution in [3.05, 3.63) is 70.1 Å². The average molecular weight is 378 g/mol. The molecule has 7 heteroatoms. The maximum Gasteiger partial charge on any atom is 0.275 e. The van der Waals surface area contributed by atoms with Crippen LogP contribution in [0.1, 0.15) is 36.8 Å². The molecule has 0 atom stereocenters. The smallest absolute Gasteiger partial charge is 0.275 e. The monoisotopic (exact) mass is 378 g/mol. The lowest BCUT2D eigenvalue weighted by Crippen LogP contribution is -2.34. The molecular formula is C21H20N3O4-. The lowest BCUT2D eigenvalue weighted by molar-refractivity contribution is -0.255. The predicted molar refractivity (Wildman–Crippen MR) is 104 cm³/mol. The van der Waals surface area contributed by atoms with Crippen LogP contribution < -0.4 is 16.0 Å². The topological polar surface area (TPSA) is 104 Å². The summed E-state index contributed by atoms with van der Waals surface area (Å²) in [7, 11) is 0. The molecule has 0 spiro atoms. The zero-order valence-electron chi connectivity index (χ0n) is 15.9. The fourth-order valence-electron chi connectivity index (χ4n) is 2.88. The number of nitrogens with one attached hydrogen (secondary N) is 1. The van der Waals surface area contributed by atoms with Gasteiger partial charge >= 0.3 is 0 Å². The lowest BCUT2D eigenvalue weighted by Gasteiger charge is -2.19. The van der Waals surface area contributed by atoms with Crippen LogP contribution in [0.4, 0.5) is 5.69 Å². The molecule has 144 valence electrons. The van der Waals surface area contributed by atoms with E-state index in [1.807, 2.05) is 12.1 Å². The van der Waals surface area contributed by atoms with E-state index in [0.29, 0.717) is 5.69 Å². The van der Waals surface area contributed by atoms with Gasteiger partial charge in [-0.3, -0.25) is 9.59 Å². The molecule has 28 heavy (non-hydrogen) atoms. The van der Waals surface area contributed by atoms with Gasteiger partial charge in [-0.2, -0.15) is 5.10 Å². The van der Waals surface area contributed by atoms with Gasteiger partial charge in [-0.25, -0.2) is 4.68 Å². The summed E-state index contributed by atoms with van der Waals surface area (Å²) in [6.07, 6.45) is 0. The maximum atomic E-state index is 12.6. The van der Waals surface area contributed by atoms with Crippen LogP contribution >= 0.6 is 0 Å². The first-order valence-electron chi connectivity index (χ1n) is 8.78. The van der Waals surface area contributed by atoms with E-state index < -0.39 is 24.0 Å². The molecule has 2 aromatic carbocycles. The Morgan fingerprint density at radius 2 is 1.64 bits per heavy atom. The summed E-state index contributed by atoms with van der Waals surface area (Å²) in [5, 5.41) is 18.2. The highest BCUT2D eigenvalue weighted by Crippen LogP contribution is 2.23. The Kier molecular flexibility index (Phi) is 5.00. The number of benzene rings is 2. The molecule has 3 rings (SSSR count). The van der Waals surface area contributed by atoms with Crippen LogP contribution in [0.2, 0.25) is 0 Å². The fraction of sp³-hybridized carbons (Fsp3) is 0.238. The molecule has 1 N–H and O–H groups in total. The normalized spacial score (nSPS) is 11.4. The second-order valence-electron chi connectivity index (χ2n) is 7.52. The van der Waals surface area contributed by atoms with Gasteiger partial charge in [0, 0.05) is 11.1 Å². The summed E-state index contributed by atoms with van der Waals surface area (Å²) in [6.45, 7) is 5.86. The number of hydrogen-bond donors (Lipinski definition) is 1. The van der Waals surface area contributed by atoms with Gasteiger partial charge in [0.2, 0.25) is 5.91 Å². The molecule has 0 unspecified atom stereocenters. The summed E-state index contributed by atoms with van der Waals surface area (Å²) in [5.41, 5.74) is 0.770. The molecule has 0 saturated carbocycles. The Balaban J connectivity index is 1.86. The first kappa shape index (κ1) is 19.3. The van der Waals surface area contributed by atoms with E-state index in [1.165, 1.54) is 12.1 Å². The highest BCUT2D eigenvalue weighted by molar-refractivity contribution is 6.00. The number of carbonyl (C=O) groups is 2. The second kappa shape index (κ2) is 7.26. The van der Waals surface area contributed by atoms with Crippen molar-refractivity contribution in [3.63, 3.8) is 0 Å². The number of aromatic carboxylic acids is 1. The molecule has 1 heterocycles. The third-order valence-corrected chi connectivity index (χ3v) is 4.39. The van der Waals surface area contributed by atoms with Crippen LogP contribution in [0.5, 0.6) is 0 Å². The Labute approximate surface area is 161 Å². The second-order valence-corrected chi connectivity index (χ2v) is 7.52. The number of nitrogens with zero attached hydrogens (tertiary/aromatic N) is 2. The van der Waals surface area contributed by atoms with E-state index in [9.17, 15) is 19.5 Å². The fourth-order valence-corrected chi connectivity index (χ4v) is 2.88. The minimum absolute atomic E-state index is 0.00780. The Bertz CT molecular complexity index is 1110. The van der Waals surface area contributed by atoms with E-state index in [1.54, 1.807) is 24.3 Å². The summed E-state index contributed by atoms with van der Waals surface area (Å²) >= 11 is 0. The third kappa shape index (κ3) is 3.93. The first-order valence-corrected chi connectivity index (χ1v) is 8.78. The average Bonchev–Trinajstić information content (AvgIpc) is 2.63. The van der Waals surface area contributed by atoms with Crippen molar-refractivity contribution in [1.29, 1.82) is 0 Å². The zero-order valence-corrected chi connectivity index (χ0v) is 15.9. The van der Waals surface area contributed by atoms with Crippen molar-refractivity contribution in [2.45, 2.75) is 32.7 Å². The van der Waals surface area contributed by atoms with Gasteiger partial charge in [0.1, 0.15) is 12.2 Å². The molecule has 0 saturated heterocycles. The van der Waals surface area contributed by atoms with Crippen LogP contribution in [-0.4, -0.2) is 21.7 Å². The molecule has 0 fully saturated rings. The number of hydrogen-bond acceptors (Lipinski definition) is 5. The summed E-state index contributed by atoms with van der Waals surface area (Å²) < 4.78 is 0.840. The summed E-state index contributed by atoms with van der Waals surface area (Å²) in [4.78, 5) is 36.3. The van der Waals surface area contributed by atoms with Gasteiger partial charge in [0.05, 0.1) is 11.4 Å². The van der Waals surface area contributed by atoms with Crippen molar-refractivity contribution < 1.29 is 14.7 Å². The number of rotatable bonds is 4. The SMILES string of the molecule is CC(C)(C)c1ccc(NC(=O)Cn2nc(C(=O)[O-])c3ccccc3c2=O)cc1. The van der Waals surface area contributed by atoms with Gasteiger partial charge in [0.15, 0.2) is 0 Å². The maximum absolute atomic E-state index is 12.6. The Morgan fingerprint density at radius 3 is 2.21 bits per heavy atom. The van der Waals surface area contributed by atoms with Gasteiger partial charge < -0.3 is 15.2 Å². The van der Waals surface area contributed by atoms with Crippen molar-refractivity contribution in [2.24, 2.45) is 0 Å². The number of carboxylic acid groups (broad SMARTS) is 1. The standard InChI is InChI=1S/C21H21N3O4/c1-21(2,3)13-8-10-14(11-9-13)22-17(25)12-24-19(26)16-7-5-4-6-15(16)18(23-24)20(27)28/h4-11H,12H2,1-3H3,(H,22,25)(H,27,28)/p-1. The van der Waals surface area contributed by atoms with E-state index in [0.717, 1.165) is 10.2 Å². The van der Waals surface area contributed by atoms with Crippen LogP contribution in [0, 0.1) is 0 Å². The van der Waals surface area contributed by atoms with Gasteiger partial charge in [-0.15, -0.1) is 0 Å². The Hall–Kier alpha value is -3.48. The van der Waals surface area contributed by atoms with E-state index in [2.05, 4.69) is 31.2 Å². The molecule has 1 amide bonds. The first-order chi connectivity index (χ1) is 13.2. The third-order valence-electron chi connectivity index (χ3n) is 4.39. The molecule has 1 aromatic heterocycles. The highest BCUT2D eigenvalue weighted by atomic mass is 16.4. The molecule has 3 aromatic rings. The highest BCUT2D eigenvalue weighted by Gasteiger charge is 2.15. The van der Waals surface area contributed by atoms with Gasteiger partial charge in [0.25, 0.3) is 5.56 Å². The number of carboxylic acids is 1. The minimum atomic E-state index is -1.51. The molecule has 0 bridgehead atoms. The number of amides is 1. The van der Waals surface area contributed by atoms with Crippen LogP contribution in [-0.2, 0) is 16.8 Å². The van der Waals surface area contributed by atoms with E-state index >= 15 is 0 Å². The molecule has 7 nitrogen and oxygen atoms in total. The molecule has 0 radical (unpaired) electrons. The van der Waals surface area contributed by atoms with E-state index in [-0.39, 0.29) is 21.9 Å². The van der Waals surface area contributed by atoms with Crippen LogP contribution in [0.3, 0.4) is 0 Å². The zero-order chi connectivity index (χ0) is 20.5. The van der Waals surface area contributed by atoms with E-state index in [4.69, 9.17) is 0 Å². The summed E-state index contributed by atoms with van der Waals surface area (Å²) in [6, 6.07) is 13.6. The number of carbonyl (C=O) groups excluding carboxylic acids is 2. The van der Waals surface area contributed by atoms with Crippen LogP contribution in [0.15, 0.2) is 53.3 Å². The largest absolute Gasteiger partial charge is 0.543 e. The predicted octanol–water partition coefficient (Wildman–Crippen LogP) is 1.70. The molecule has 0 aliphatic heterocycles. The molecule has 0 aliphatic carbocycles. The number of fused-ring (bicyclic) bond motifs is 1. The van der Waals surface area contributed by atoms with Crippen molar-refractivity contribution >= 4 is 28.3 Å². The minimum Gasteiger partial charge on any atom is -0.543 e. The molecule has 0 aliphatic rings. The van der Waals surface area contributed by atoms with Gasteiger partial charge in [-0.05, 0) is 29.2 Å². The number of anilines is 1. The lowest BCUT2D eigenvalue weighted by atomic mass is 9.87. The molecular weight excluding hydrogens is 358 g/mol. The van der Waals surface area contributed by atoms with Gasteiger partial charge in [-0.1, -0.05) is 51.1 Å². The quantitative estimate of drug-likeness (QED) is 0.744. The van der Waals surface area contributed by atoms with Crippen molar-refractivity contribution in [2.75, 3.05) is 5.32 Å². The number of aromatic nitrogens is 2. The Morgan fingerprint density at radius 1 is 1.04 bits per heavy atom.